The lowest BCUT2D eigenvalue weighted by Gasteiger charge is -2.27. The van der Waals surface area contributed by atoms with Crippen LogP contribution in [-0.2, 0) is 4.94 Å². The number of fused-ring (bicyclic) bond motifs is 2. The van der Waals surface area contributed by atoms with Crippen molar-refractivity contribution in [1.29, 1.82) is 0 Å². The number of hydrogen-bond acceptors (Lipinski definition) is 10. The summed E-state index contributed by atoms with van der Waals surface area (Å²) in [7, 11) is 0. The summed E-state index contributed by atoms with van der Waals surface area (Å²) in [6, 6.07) is 5.17. The van der Waals surface area contributed by atoms with Gasteiger partial charge >= 0.3 is 0 Å². The number of nitrogens with zero attached hydrogens (tertiary/aromatic N) is 1. The Morgan fingerprint density at radius 2 is 1.54 bits per heavy atom. The lowest BCUT2D eigenvalue weighted by atomic mass is 9.81. The standard InChI is InChI=1S/C18H20N4O6/c19-9-1-2-10(22(28-20)7-5-21-6-8-23)14-13(9)17(26)15-11(24)3-4-12(25)16(15)18(14)27/h1-4,21,23-25H,5-8,19-20H2. The minimum absolute atomic E-state index is 0.0425. The molecule has 0 spiro atoms. The van der Waals surface area contributed by atoms with Gasteiger partial charge in [-0.1, -0.05) is 0 Å². The SMILES string of the molecule is NON(CCNCCO)c1ccc(N)c2c1C(=O)c1c(O)ccc(O)c1C2=O. The maximum Gasteiger partial charge on any atom is 0.200 e. The number of rotatable bonds is 7. The lowest BCUT2D eigenvalue weighted by molar-refractivity contribution is 0.0960. The monoisotopic (exact) mass is 388 g/mol. The predicted octanol–water partition coefficient (Wildman–Crippen LogP) is -0.351. The number of phenolic OH excluding ortho intramolecular Hbond substituents is 2. The summed E-state index contributed by atoms with van der Waals surface area (Å²) in [5.74, 6) is 3.11. The summed E-state index contributed by atoms with van der Waals surface area (Å²) < 4.78 is 0. The molecule has 0 bridgehead atoms. The van der Waals surface area contributed by atoms with E-state index in [1.54, 1.807) is 0 Å². The second kappa shape index (κ2) is 7.82. The molecule has 0 amide bonds. The molecule has 0 unspecified atom stereocenters. The normalized spacial score (nSPS) is 12.6. The van der Waals surface area contributed by atoms with Crippen LogP contribution in [0.3, 0.4) is 0 Å². The Hall–Kier alpha value is -3.18. The Kier molecular flexibility index (Phi) is 5.47. The fourth-order valence-corrected chi connectivity index (χ4v) is 3.20. The number of nitrogen functional groups attached to an aromatic ring is 1. The molecule has 0 heterocycles. The van der Waals surface area contributed by atoms with Crippen LogP contribution in [0.4, 0.5) is 11.4 Å². The van der Waals surface area contributed by atoms with Crippen molar-refractivity contribution in [3.63, 3.8) is 0 Å². The van der Waals surface area contributed by atoms with Gasteiger partial charge in [-0.15, -0.1) is 0 Å². The Labute approximate surface area is 159 Å². The molecule has 8 N–H and O–H groups in total. The van der Waals surface area contributed by atoms with Crippen molar-refractivity contribution >= 4 is 22.9 Å². The molecule has 0 saturated heterocycles. The zero-order chi connectivity index (χ0) is 20.4. The Morgan fingerprint density at radius 3 is 2.11 bits per heavy atom. The van der Waals surface area contributed by atoms with Gasteiger partial charge in [0.05, 0.1) is 41.1 Å². The zero-order valence-corrected chi connectivity index (χ0v) is 14.8. The third-order valence-electron chi connectivity index (χ3n) is 4.46. The summed E-state index contributed by atoms with van der Waals surface area (Å²) in [6.45, 7) is 0.859. The van der Waals surface area contributed by atoms with E-state index in [0.29, 0.717) is 13.1 Å². The summed E-state index contributed by atoms with van der Waals surface area (Å²) in [4.78, 5) is 31.0. The average molecular weight is 388 g/mol. The first kappa shape index (κ1) is 19.6. The molecule has 1 aliphatic carbocycles. The molecule has 28 heavy (non-hydrogen) atoms. The molecular weight excluding hydrogens is 368 g/mol. The maximum atomic E-state index is 13.1. The minimum atomic E-state index is -0.689. The van der Waals surface area contributed by atoms with E-state index in [9.17, 15) is 19.8 Å². The van der Waals surface area contributed by atoms with E-state index in [4.69, 9.17) is 21.7 Å². The van der Waals surface area contributed by atoms with E-state index >= 15 is 0 Å². The number of aliphatic hydroxyl groups excluding tert-OH is 1. The van der Waals surface area contributed by atoms with Gasteiger partial charge in [0, 0.05) is 18.8 Å². The predicted molar refractivity (Wildman–Crippen MR) is 100 cm³/mol. The topological polar surface area (TPSA) is 171 Å². The molecule has 0 saturated carbocycles. The maximum absolute atomic E-state index is 13.1. The number of benzene rings is 2. The quantitative estimate of drug-likeness (QED) is 0.136. The molecule has 2 aromatic rings. The van der Waals surface area contributed by atoms with Crippen molar-refractivity contribution in [3.05, 3.63) is 46.5 Å². The van der Waals surface area contributed by atoms with Crippen LogP contribution in [0.5, 0.6) is 11.5 Å². The third kappa shape index (κ3) is 3.14. The Bertz CT molecular complexity index is 946. The van der Waals surface area contributed by atoms with E-state index in [0.717, 1.165) is 12.1 Å². The Balaban J connectivity index is 2.12. The van der Waals surface area contributed by atoms with Gasteiger partial charge in [0.25, 0.3) is 0 Å². The Morgan fingerprint density at radius 1 is 0.929 bits per heavy atom. The molecule has 0 atom stereocenters. The summed E-state index contributed by atoms with van der Waals surface area (Å²) in [5.41, 5.74) is 5.39. The number of hydrogen-bond donors (Lipinski definition) is 6. The van der Waals surface area contributed by atoms with Crippen LogP contribution < -0.4 is 22.0 Å². The molecule has 0 radical (unpaired) electrons. The molecular formula is C18H20N4O6. The zero-order valence-electron chi connectivity index (χ0n) is 14.8. The first-order valence-electron chi connectivity index (χ1n) is 8.45. The number of aliphatic hydroxyl groups is 1. The number of nitrogens with one attached hydrogen (secondary N) is 1. The van der Waals surface area contributed by atoms with E-state index in [1.165, 1.54) is 17.2 Å². The van der Waals surface area contributed by atoms with Crippen LogP contribution in [0, 0.1) is 0 Å². The number of phenols is 2. The molecule has 148 valence electrons. The number of ketones is 2. The molecule has 10 nitrogen and oxygen atoms in total. The van der Waals surface area contributed by atoms with Gasteiger partial charge in [-0.2, -0.15) is 10.8 Å². The largest absolute Gasteiger partial charge is 0.507 e. The van der Waals surface area contributed by atoms with Gasteiger partial charge in [0.1, 0.15) is 11.5 Å². The third-order valence-corrected chi connectivity index (χ3v) is 4.46. The molecule has 3 rings (SSSR count). The van der Waals surface area contributed by atoms with Crippen molar-refractivity contribution in [1.82, 2.24) is 5.32 Å². The van der Waals surface area contributed by atoms with Crippen LogP contribution >= 0.6 is 0 Å². The van der Waals surface area contributed by atoms with E-state index < -0.39 is 23.1 Å². The van der Waals surface area contributed by atoms with Crippen molar-refractivity contribution in [2.45, 2.75) is 0 Å². The van der Waals surface area contributed by atoms with Gasteiger partial charge in [0.2, 0.25) is 11.6 Å². The average Bonchev–Trinajstić information content (AvgIpc) is 2.68. The van der Waals surface area contributed by atoms with E-state index in [-0.39, 0.29) is 46.8 Å². The molecule has 10 heteroatoms. The van der Waals surface area contributed by atoms with Crippen molar-refractivity contribution < 1.29 is 29.8 Å². The van der Waals surface area contributed by atoms with Crippen molar-refractivity contribution in [3.8, 4) is 11.5 Å². The second-order valence-electron chi connectivity index (χ2n) is 6.12. The van der Waals surface area contributed by atoms with Crippen LogP contribution in [0.15, 0.2) is 24.3 Å². The van der Waals surface area contributed by atoms with Crippen LogP contribution in [0.2, 0.25) is 0 Å². The van der Waals surface area contributed by atoms with Gasteiger partial charge in [-0.3, -0.25) is 9.59 Å². The van der Waals surface area contributed by atoms with Gasteiger partial charge < -0.3 is 26.4 Å². The number of nitrogens with two attached hydrogens (primary N) is 2. The number of anilines is 2. The number of hydroxylamine groups is 1. The summed E-state index contributed by atoms with van der Waals surface area (Å²) in [6.07, 6.45) is 0. The number of carbonyl (C=O) groups is 2. The lowest BCUT2D eigenvalue weighted by Crippen LogP contribution is -2.37. The highest BCUT2D eigenvalue weighted by molar-refractivity contribution is 6.33. The van der Waals surface area contributed by atoms with Crippen LogP contribution in [0.25, 0.3) is 0 Å². The first-order chi connectivity index (χ1) is 13.4. The van der Waals surface area contributed by atoms with Crippen LogP contribution in [-0.4, -0.2) is 53.1 Å². The smallest absolute Gasteiger partial charge is 0.200 e. The molecule has 2 aromatic carbocycles. The van der Waals surface area contributed by atoms with Gasteiger partial charge in [0.15, 0.2) is 0 Å². The van der Waals surface area contributed by atoms with E-state index in [1.807, 2.05) is 0 Å². The number of carbonyl (C=O) groups excluding carboxylic acids is 2. The molecule has 0 aromatic heterocycles. The fourth-order valence-electron chi connectivity index (χ4n) is 3.20. The van der Waals surface area contributed by atoms with Gasteiger partial charge in [-0.25, -0.2) is 5.06 Å². The molecule has 0 aliphatic heterocycles. The van der Waals surface area contributed by atoms with Gasteiger partial charge in [-0.05, 0) is 24.3 Å². The fraction of sp³-hybridized carbons (Fsp3) is 0.222. The van der Waals surface area contributed by atoms with E-state index in [2.05, 4.69) is 5.32 Å². The highest BCUT2D eigenvalue weighted by Crippen LogP contribution is 2.42. The number of aromatic hydroxyl groups is 2. The van der Waals surface area contributed by atoms with Crippen molar-refractivity contribution in [2.24, 2.45) is 5.90 Å². The highest BCUT2D eigenvalue weighted by atomic mass is 16.8. The van der Waals surface area contributed by atoms with Crippen LogP contribution in [0.1, 0.15) is 31.8 Å². The second-order valence-corrected chi connectivity index (χ2v) is 6.12. The minimum Gasteiger partial charge on any atom is -0.507 e. The molecule has 0 fully saturated rings. The van der Waals surface area contributed by atoms with Crippen molar-refractivity contribution in [2.75, 3.05) is 37.0 Å². The molecule has 1 aliphatic rings. The first-order valence-corrected chi connectivity index (χ1v) is 8.45. The highest BCUT2D eigenvalue weighted by Gasteiger charge is 2.38. The summed E-state index contributed by atoms with van der Waals surface area (Å²) >= 11 is 0. The summed E-state index contributed by atoms with van der Waals surface area (Å²) in [5, 5.41) is 33.2.